The fourth-order valence-corrected chi connectivity index (χ4v) is 4.16. The fraction of sp³-hybridized carbons (Fsp3) is 0.522. The number of likely N-dealkylation sites (tertiary alicyclic amines) is 1. The molecule has 1 aliphatic heterocycles. The number of hydrogen-bond acceptors (Lipinski definition) is 6. The predicted octanol–water partition coefficient (Wildman–Crippen LogP) is 4.38. The molecule has 1 aromatic carbocycles. The highest BCUT2D eigenvalue weighted by Crippen LogP contribution is 2.30. The van der Waals surface area contributed by atoms with Gasteiger partial charge in [0, 0.05) is 30.0 Å². The lowest BCUT2D eigenvalue weighted by atomic mass is 9.95. The monoisotopic (exact) mass is 445 g/mol. The van der Waals surface area contributed by atoms with Crippen LogP contribution in [0.3, 0.4) is 0 Å². The molecule has 0 atom stereocenters. The van der Waals surface area contributed by atoms with E-state index in [2.05, 4.69) is 24.1 Å². The number of methoxy groups -OCH3 is 1. The number of aryl methyl sites for hydroxylation is 1. The summed E-state index contributed by atoms with van der Waals surface area (Å²) in [5.74, 6) is 1.57. The van der Waals surface area contributed by atoms with Gasteiger partial charge in [-0.15, -0.1) is 11.3 Å². The van der Waals surface area contributed by atoms with Gasteiger partial charge in [-0.2, -0.15) is 0 Å². The van der Waals surface area contributed by atoms with Crippen LogP contribution < -0.4 is 14.8 Å². The van der Waals surface area contributed by atoms with Crippen molar-refractivity contribution in [3.8, 4) is 11.5 Å². The molecular weight excluding hydrogens is 414 g/mol. The molecule has 1 aliphatic rings. The summed E-state index contributed by atoms with van der Waals surface area (Å²) in [6.45, 7) is 7.89. The minimum atomic E-state index is -0.112. The second-order valence-corrected chi connectivity index (χ2v) is 9.10. The van der Waals surface area contributed by atoms with Crippen LogP contribution >= 0.6 is 11.3 Å². The highest BCUT2D eigenvalue weighted by atomic mass is 32.1. The van der Waals surface area contributed by atoms with E-state index in [1.54, 1.807) is 30.2 Å². The summed E-state index contributed by atoms with van der Waals surface area (Å²) >= 11 is 1.43. The van der Waals surface area contributed by atoms with Crippen LogP contribution in [0.4, 0.5) is 5.13 Å². The van der Waals surface area contributed by atoms with E-state index in [0.29, 0.717) is 60.6 Å². The van der Waals surface area contributed by atoms with Crippen LogP contribution in [-0.2, 0) is 4.79 Å². The Morgan fingerprint density at radius 2 is 2.00 bits per heavy atom. The summed E-state index contributed by atoms with van der Waals surface area (Å²) in [6, 6.07) is 5.30. The molecule has 31 heavy (non-hydrogen) atoms. The number of benzene rings is 1. The van der Waals surface area contributed by atoms with E-state index in [1.807, 2.05) is 12.3 Å². The Labute approximate surface area is 187 Å². The first kappa shape index (κ1) is 23.1. The van der Waals surface area contributed by atoms with Crippen molar-refractivity contribution in [1.29, 1.82) is 0 Å². The SMILES string of the molecule is COc1cc(C(=O)N2CCC(C(=O)Nc3nc(C)cs3)CC2)ccc1OCCC(C)C. The zero-order chi connectivity index (χ0) is 22.4. The first-order valence-electron chi connectivity index (χ1n) is 10.7. The van der Waals surface area contributed by atoms with Gasteiger partial charge < -0.3 is 19.7 Å². The Morgan fingerprint density at radius 1 is 1.26 bits per heavy atom. The zero-order valence-electron chi connectivity index (χ0n) is 18.6. The number of aromatic nitrogens is 1. The maximum Gasteiger partial charge on any atom is 0.253 e. The molecule has 168 valence electrons. The number of hydrogen-bond donors (Lipinski definition) is 1. The van der Waals surface area contributed by atoms with E-state index in [-0.39, 0.29) is 17.7 Å². The largest absolute Gasteiger partial charge is 0.493 e. The molecule has 0 spiro atoms. The zero-order valence-corrected chi connectivity index (χ0v) is 19.5. The summed E-state index contributed by atoms with van der Waals surface area (Å²) in [6.07, 6.45) is 2.22. The quantitative estimate of drug-likeness (QED) is 0.652. The number of nitrogens with one attached hydrogen (secondary N) is 1. The number of rotatable bonds is 8. The lowest BCUT2D eigenvalue weighted by Crippen LogP contribution is -2.41. The van der Waals surface area contributed by atoms with E-state index in [1.165, 1.54) is 11.3 Å². The highest BCUT2D eigenvalue weighted by molar-refractivity contribution is 7.13. The number of piperidine rings is 1. The van der Waals surface area contributed by atoms with Crippen LogP contribution in [-0.4, -0.2) is 48.5 Å². The summed E-state index contributed by atoms with van der Waals surface area (Å²) in [5, 5.41) is 5.42. The van der Waals surface area contributed by atoms with Crippen LogP contribution in [0, 0.1) is 18.8 Å². The molecule has 3 rings (SSSR count). The van der Waals surface area contributed by atoms with Gasteiger partial charge in [0.05, 0.1) is 19.4 Å². The number of amides is 2. The summed E-state index contributed by atoms with van der Waals surface area (Å²) in [4.78, 5) is 31.5. The second kappa shape index (κ2) is 10.6. The second-order valence-electron chi connectivity index (χ2n) is 8.25. The number of anilines is 1. The first-order valence-corrected chi connectivity index (χ1v) is 11.6. The summed E-state index contributed by atoms with van der Waals surface area (Å²) < 4.78 is 11.2. The van der Waals surface area contributed by atoms with Gasteiger partial charge in [-0.1, -0.05) is 13.8 Å². The Balaban J connectivity index is 1.55. The van der Waals surface area contributed by atoms with Crippen molar-refractivity contribution >= 4 is 28.3 Å². The van der Waals surface area contributed by atoms with Crippen molar-refractivity contribution in [2.75, 3.05) is 32.1 Å². The number of thiazole rings is 1. The fourth-order valence-electron chi connectivity index (χ4n) is 3.47. The third kappa shape index (κ3) is 6.19. The topological polar surface area (TPSA) is 80.8 Å². The van der Waals surface area contributed by atoms with Gasteiger partial charge in [0.1, 0.15) is 0 Å². The van der Waals surface area contributed by atoms with Crippen LogP contribution in [0.2, 0.25) is 0 Å². The minimum Gasteiger partial charge on any atom is -0.493 e. The normalized spacial score (nSPS) is 14.5. The maximum absolute atomic E-state index is 13.0. The van der Waals surface area contributed by atoms with E-state index in [9.17, 15) is 9.59 Å². The molecule has 0 radical (unpaired) electrons. The van der Waals surface area contributed by atoms with Crippen molar-refractivity contribution in [3.05, 3.63) is 34.8 Å². The van der Waals surface area contributed by atoms with E-state index in [0.717, 1.165) is 12.1 Å². The standard InChI is InChI=1S/C23H31N3O4S/c1-15(2)9-12-30-19-6-5-18(13-20(19)29-4)22(28)26-10-7-17(8-11-26)21(27)25-23-24-16(3)14-31-23/h5-6,13-15,17H,7-12H2,1-4H3,(H,24,25,27). The third-order valence-electron chi connectivity index (χ3n) is 5.37. The molecule has 2 amide bonds. The molecular formula is C23H31N3O4S. The van der Waals surface area contributed by atoms with E-state index in [4.69, 9.17) is 9.47 Å². The Hall–Kier alpha value is -2.61. The Morgan fingerprint density at radius 3 is 2.61 bits per heavy atom. The van der Waals surface area contributed by atoms with Gasteiger partial charge >= 0.3 is 0 Å². The van der Waals surface area contributed by atoms with Gasteiger partial charge in [-0.25, -0.2) is 4.98 Å². The lowest BCUT2D eigenvalue weighted by Gasteiger charge is -2.31. The smallest absolute Gasteiger partial charge is 0.253 e. The maximum atomic E-state index is 13.0. The van der Waals surface area contributed by atoms with Crippen LogP contribution in [0.25, 0.3) is 0 Å². The van der Waals surface area contributed by atoms with Gasteiger partial charge in [0.25, 0.3) is 5.91 Å². The lowest BCUT2D eigenvalue weighted by molar-refractivity contribution is -0.121. The number of carbonyl (C=O) groups excluding carboxylic acids is 2. The summed E-state index contributed by atoms with van der Waals surface area (Å²) in [7, 11) is 1.58. The molecule has 0 bridgehead atoms. The van der Waals surface area contributed by atoms with Crippen molar-refractivity contribution in [3.63, 3.8) is 0 Å². The molecule has 1 saturated heterocycles. The van der Waals surface area contributed by atoms with Gasteiger partial charge in [0.2, 0.25) is 5.91 Å². The molecule has 2 heterocycles. The van der Waals surface area contributed by atoms with Crippen molar-refractivity contribution in [2.24, 2.45) is 11.8 Å². The van der Waals surface area contributed by atoms with Crippen molar-refractivity contribution < 1.29 is 19.1 Å². The van der Waals surface area contributed by atoms with E-state index >= 15 is 0 Å². The predicted molar refractivity (Wildman–Crippen MR) is 122 cm³/mol. The molecule has 0 saturated carbocycles. The van der Waals surface area contributed by atoms with Gasteiger partial charge in [-0.05, 0) is 50.3 Å². The Kier molecular flexibility index (Phi) is 7.90. The molecule has 2 aromatic rings. The number of ether oxygens (including phenoxy) is 2. The van der Waals surface area contributed by atoms with Crippen LogP contribution in [0.1, 0.15) is 49.2 Å². The molecule has 8 heteroatoms. The molecule has 0 unspecified atom stereocenters. The molecule has 0 aliphatic carbocycles. The minimum absolute atomic E-state index is 0.0222. The van der Waals surface area contributed by atoms with Crippen LogP contribution in [0.5, 0.6) is 11.5 Å². The van der Waals surface area contributed by atoms with Crippen molar-refractivity contribution in [1.82, 2.24) is 9.88 Å². The van der Waals surface area contributed by atoms with Gasteiger partial charge in [0.15, 0.2) is 16.6 Å². The molecule has 1 fully saturated rings. The first-order chi connectivity index (χ1) is 14.9. The van der Waals surface area contributed by atoms with Gasteiger partial charge in [-0.3, -0.25) is 9.59 Å². The number of carbonyl (C=O) groups is 2. The molecule has 7 nitrogen and oxygen atoms in total. The third-order valence-corrected chi connectivity index (χ3v) is 6.24. The average molecular weight is 446 g/mol. The van der Waals surface area contributed by atoms with E-state index < -0.39 is 0 Å². The highest BCUT2D eigenvalue weighted by Gasteiger charge is 2.28. The average Bonchev–Trinajstić information content (AvgIpc) is 3.17. The van der Waals surface area contributed by atoms with Crippen molar-refractivity contribution in [2.45, 2.75) is 40.0 Å². The summed E-state index contributed by atoms with van der Waals surface area (Å²) in [5.41, 5.74) is 1.46. The Bertz CT molecular complexity index is 904. The molecule has 1 N–H and O–H groups in total. The molecule has 1 aromatic heterocycles. The number of nitrogens with zero attached hydrogens (tertiary/aromatic N) is 2. The van der Waals surface area contributed by atoms with Crippen LogP contribution in [0.15, 0.2) is 23.6 Å².